The lowest BCUT2D eigenvalue weighted by Gasteiger charge is -2.21. The van der Waals surface area contributed by atoms with Crippen molar-refractivity contribution < 1.29 is 27.9 Å². The molecule has 0 saturated carbocycles. The zero-order chi connectivity index (χ0) is 18.6. The second-order valence-electron chi connectivity index (χ2n) is 5.81. The Labute approximate surface area is 145 Å². The van der Waals surface area contributed by atoms with E-state index >= 15 is 0 Å². The Morgan fingerprint density at radius 3 is 2.44 bits per heavy atom. The van der Waals surface area contributed by atoms with E-state index in [1.165, 1.54) is 36.1 Å². The molecule has 0 bridgehead atoms. The van der Waals surface area contributed by atoms with Crippen LogP contribution < -0.4 is 4.72 Å². The van der Waals surface area contributed by atoms with Gasteiger partial charge in [0.05, 0.1) is 4.90 Å². The fourth-order valence-electron chi connectivity index (χ4n) is 2.71. The molecule has 25 heavy (non-hydrogen) atoms. The summed E-state index contributed by atoms with van der Waals surface area (Å²) in [5, 5.41) is 9.07. The molecule has 2 N–H and O–H groups in total. The van der Waals surface area contributed by atoms with Gasteiger partial charge in [0.15, 0.2) is 5.78 Å². The van der Waals surface area contributed by atoms with Crippen molar-refractivity contribution in [2.24, 2.45) is 0 Å². The van der Waals surface area contributed by atoms with Crippen LogP contribution in [0.5, 0.6) is 0 Å². The largest absolute Gasteiger partial charge is 0.480 e. The van der Waals surface area contributed by atoms with Gasteiger partial charge in [-0.25, -0.2) is 17.9 Å². The summed E-state index contributed by atoms with van der Waals surface area (Å²) in [5.41, 5.74) is 0.405. The molecule has 1 atom stereocenters. The predicted molar refractivity (Wildman–Crippen MR) is 88.6 cm³/mol. The third kappa shape index (κ3) is 4.64. The number of nitrogens with zero attached hydrogens (tertiary/aromatic N) is 1. The quantitative estimate of drug-likeness (QED) is 0.681. The zero-order valence-corrected chi connectivity index (χ0v) is 14.6. The molecular formula is C16H20N2O6S. The monoisotopic (exact) mass is 368 g/mol. The van der Waals surface area contributed by atoms with Gasteiger partial charge in [0.2, 0.25) is 15.9 Å². The van der Waals surface area contributed by atoms with Crippen molar-refractivity contribution in [3.05, 3.63) is 29.8 Å². The summed E-state index contributed by atoms with van der Waals surface area (Å²) in [5.74, 6) is -1.60. The Morgan fingerprint density at radius 2 is 1.88 bits per heavy atom. The highest BCUT2D eigenvalue weighted by Crippen LogP contribution is 2.18. The van der Waals surface area contributed by atoms with Gasteiger partial charge in [0.25, 0.3) is 0 Å². The Balaban J connectivity index is 1.92. The van der Waals surface area contributed by atoms with Gasteiger partial charge in [-0.2, -0.15) is 0 Å². The van der Waals surface area contributed by atoms with Crippen molar-refractivity contribution in [1.82, 2.24) is 9.62 Å². The first-order chi connectivity index (χ1) is 11.7. The van der Waals surface area contributed by atoms with Crippen LogP contribution in [0.25, 0.3) is 0 Å². The van der Waals surface area contributed by atoms with Crippen LogP contribution >= 0.6 is 0 Å². The molecule has 0 aliphatic carbocycles. The van der Waals surface area contributed by atoms with Gasteiger partial charge in [0.1, 0.15) is 6.04 Å². The number of likely N-dealkylation sites (tertiary alicyclic amines) is 1. The summed E-state index contributed by atoms with van der Waals surface area (Å²) in [6, 6.07) is 4.65. The van der Waals surface area contributed by atoms with Crippen molar-refractivity contribution in [1.29, 1.82) is 0 Å². The number of hydrogen-bond acceptors (Lipinski definition) is 5. The molecule has 0 aromatic heterocycles. The van der Waals surface area contributed by atoms with Crippen molar-refractivity contribution in [3.63, 3.8) is 0 Å². The third-order valence-corrected chi connectivity index (χ3v) is 5.54. The molecule has 2 rings (SSSR count). The molecule has 1 saturated heterocycles. The molecule has 9 heteroatoms. The van der Waals surface area contributed by atoms with Gasteiger partial charge in [-0.3, -0.25) is 9.59 Å². The van der Waals surface area contributed by atoms with E-state index in [9.17, 15) is 22.8 Å². The van der Waals surface area contributed by atoms with Crippen molar-refractivity contribution in [2.75, 3.05) is 13.1 Å². The second-order valence-corrected chi connectivity index (χ2v) is 7.58. The minimum Gasteiger partial charge on any atom is -0.480 e. The lowest BCUT2D eigenvalue weighted by molar-refractivity contribution is -0.148. The normalized spacial score (nSPS) is 17.5. The van der Waals surface area contributed by atoms with E-state index in [2.05, 4.69) is 4.72 Å². The van der Waals surface area contributed by atoms with E-state index in [0.29, 0.717) is 24.9 Å². The molecule has 1 amide bonds. The number of amides is 1. The number of carbonyl (C=O) groups excluding carboxylic acids is 2. The average Bonchev–Trinajstić information content (AvgIpc) is 3.04. The maximum Gasteiger partial charge on any atom is 0.326 e. The summed E-state index contributed by atoms with van der Waals surface area (Å²) in [6.07, 6.45) is 0.917. The lowest BCUT2D eigenvalue weighted by atomic mass is 10.2. The minimum absolute atomic E-state index is 0.00506. The third-order valence-electron chi connectivity index (χ3n) is 4.06. The number of sulfonamides is 1. The van der Waals surface area contributed by atoms with E-state index in [1.54, 1.807) is 0 Å². The van der Waals surface area contributed by atoms with Gasteiger partial charge in [-0.15, -0.1) is 0 Å². The minimum atomic E-state index is -3.80. The molecule has 1 aliphatic rings. The smallest absolute Gasteiger partial charge is 0.326 e. The van der Waals surface area contributed by atoms with E-state index in [-0.39, 0.29) is 29.6 Å². The van der Waals surface area contributed by atoms with Crippen LogP contribution in [-0.2, 0) is 19.6 Å². The van der Waals surface area contributed by atoms with Gasteiger partial charge in [-0.05, 0) is 31.9 Å². The first kappa shape index (κ1) is 19.1. The number of carboxylic acid groups (broad SMARTS) is 1. The van der Waals surface area contributed by atoms with Gasteiger partial charge < -0.3 is 10.0 Å². The highest BCUT2D eigenvalue weighted by Gasteiger charge is 2.33. The molecule has 0 spiro atoms. The molecule has 1 fully saturated rings. The van der Waals surface area contributed by atoms with Gasteiger partial charge in [-0.1, -0.05) is 12.1 Å². The summed E-state index contributed by atoms with van der Waals surface area (Å²) in [6.45, 7) is 1.63. The van der Waals surface area contributed by atoms with E-state index in [0.717, 1.165) is 0 Å². The van der Waals surface area contributed by atoms with Crippen LogP contribution in [0, 0.1) is 0 Å². The van der Waals surface area contributed by atoms with Crippen LogP contribution in [-0.4, -0.2) is 55.2 Å². The Bertz CT molecular complexity index is 772. The maximum absolute atomic E-state index is 12.2. The number of ketones is 1. The topological polar surface area (TPSA) is 121 Å². The summed E-state index contributed by atoms with van der Waals surface area (Å²) < 4.78 is 26.7. The van der Waals surface area contributed by atoms with Crippen LogP contribution in [0.1, 0.15) is 36.5 Å². The van der Waals surface area contributed by atoms with Crippen LogP contribution in [0.3, 0.4) is 0 Å². The molecule has 136 valence electrons. The summed E-state index contributed by atoms with van der Waals surface area (Å²) >= 11 is 0. The van der Waals surface area contributed by atoms with Crippen molar-refractivity contribution in [3.8, 4) is 0 Å². The zero-order valence-electron chi connectivity index (χ0n) is 13.8. The molecule has 1 aromatic carbocycles. The van der Waals surface area contributed by atoms with E-state index < -0.39 is 22.0 Å². The first-order valence-electron chi connectivity index (χ1n) is 7.85. The fraction of sp³-hybridized carbons (Fsp3) is 0.438. The number of nitrogens with one attached hydrogen (secondary N) is 1. The highest BCUT2D eigenvalue weighted by molar-refractivity contribution is 7.89. The average molecular weight is 368 g/mol. The van der Waals surface area contributed by atoms with Crippen molar-refractivity contribution >= 4 is 27.7 Å². The summed E-state index contributed by atoms with van der Waals surface area (Å²) in [7, 11) is -3.80. The molecule has 0 radical (unpaired) electrons. The molecule has 1 aromatic rings. The SMILES string of the molecule is CC(=O)c1ccc(S(=O)(=O)NCCC(=O)N2CCC[C@H]2C(=O)O)cc1. The van der Waals surface area contributed by atoms with Crippen LogP contribution in [0.15, 0.2) is 29.2 Å². The van der Waals surface area contributed by atoms with E-state index in [1.807, 2.05) is 0 Å². The van der Waals surface area contributed by atoms with Gasteiger partial charge in [0, 0.05) is 25.1 Å². The molecule has 1 heterocycles. The fourth-order valence-corrected chi connectivity index (χ4v) is 3.74. The molecular weight excluding hydrogens is 348 g/mol. The molecule has 1 aliphatic heterocycles. The van der Waals surface area contributed by atoms with Crippen LogP contribution in [0.2, 0.25) is 0 Å². The Hall–Kier alpha value is -2.26. The van der Waals surface area contributed by atoms with E-state index in [4.69, 9.17) is 5.11 Å². The Kier molecular flexibility index (Phi) is 5.91. The second kappa shape index (κ2) is 7.75. The number of aliphatic carboxylic acids is 1. The van der Waals surface area contributed by atoms with Crippen molar-refractivity contribution in [2.45, 2.75) is 37.1 Å². The van der Waals surface area contributed by atoms with Gasteiger partial charge >= 0.3 is 5.97 Å². The number of Topliss-reactive ketones (excluding diaryl/α,β-unsaturated/α-hetero) is 1. The van der Waals surface area contributed by atoms with Crippen LogP contribution in [0.4, 0.5) is 0 Å². The predicted octanol–water partition coefficient (Wildman–Crippen LogP) is 0.633. The number of rotatable bonds is 7. The number of hydrogen-bond donors (Lipinski definition) is 2. The lowest BCUT2D eigenvalue weighted by Crippen LogP contribution is -2.41. The molecule has 8 nitrogen and oxygen atoms in total. The number of carbonyl (C=O) groups is 3. The molecule has 0 unspecified atom stereocenters. The number of carboxylic acids is 1. The Morgan fingerprint density at radius 1 is 1.24 bits per heavy atom. The highest BCUT2D eigenvalue weighted by atomic mass is 32.2. The number of benzene rings is 1. The summed E-state index contributed by atoms with van der Waals surface area (Å²) in [4.78, 5) is 35.6. The standard InChI is InChI=1S/C16H20N2O6S/c1-11(19)12-4-6-13(7-5-12)25(23,24)17-9-8-15(20)18-10-2-3-14(18)16(21)22/h4-7,14,17H,2-3,8-10H2,1H3,(H,21,22)/t14-/m0/s1. The maximum atomic E-state index is 12.2. The first-order valence-corrected chi connectivity index (χ1v) is 9.33.